The number of aromatic nitrogens is 4. The largest absolute Gasteiger partial charge is 0.495 e. The first-order valence-corrected chi connectivity index (χ1v) is 13.1. The molecular formula is C27H35ClN6O2. The van der Waals surface area contributed by atoms with Crippen molar-refractivity contribution < 1.29 is 9.53 Å². The van der Waals surface area contributed by atoms with Crippen LogP contribution in [0.15, 0.2) is 36.9 Å². The van der Waals surface area contributed by atoms with Crippen molar-refractivity contribution in [3.63, 3.8) is 0 Å². The molecule has 0 saturated carbocycles. The van der Waals surface area contributed by atoms with Gasteiger partial charge in [-0.25, -0.2) is 9.97 Å². The first-order chi connectivity index (χ1) is 17.5. The van der Waals surface area contributed by atoms with Crippen LogP contribution < -0.4 is 10.1 Å². The number of carbonyl (C=O) groups excluding carboxylic acids is 1. The van der Waals surface area contributed by atoms with Gasteiger partial charge in [-0.3, -0.25) is 9.48 Å². The Morgan fingerprint density at radius 2 is 1.89 bits per heavy atom. The number of Topliss-reactive ketones (excluding diaryl/α,β-unsaturated/α-hetero) is 1. The van der Waals surface area contributed by atoms with E-state index in [1.54, 1.807) is 13.2 Å². The average Bonchev–Trinajstić information content (AvgIpc) is 3.35. The van der Waals surface area contributed by atoms with Crippen LogP contribution >= 0.6 is 11.6 Å². The highest BCUT2D eigenvalue weighted by Crippen LogP contribution is 2.31. The number of ether oxygens (including phenoxy) is 1. The lowest BCUT2D eigenvalue weighted by molar-refractivity contribution is 0.0987. The smallest absolute Gasteiger partial charge is 0.227 e. The number of ketones is 1. The van der Waals surface area contributed by atoms with Crippen LogP contribution in [0.4, 0.5) is 11.6 Å². The molecule has 1 saturated heterocycles. The molecule has 1 aliphatic rings. The molecule has 0 bridgehead atoms. The summed E-state index contributed by atoms with van der Waals surface area (Å²) in [7, 11) is 1.56. The van der Waals surface area contributed by atoms with E-state index in [2.05, 4.69) is 32.2 Å². The Kier molecular flexibility index (Phi) is 8.93. The molecule has 1 N–H and O–H groups in total. The van der Waals surface area contributed by atoms with Crippen LogP contribution in [0.3, 0.4) is 0 Å². The van der Waals surface area contributed by atoms with Crippen molar-refractivity contribution in [1.82, 2.24) is 24.6 Å². The van der Waals surface area contributed by atoms with Crippen LogP contribution in [0.5, 0.6) is 5.75 Å². The molecule has 0 radical (unpaired) electrons. The highest BCUT2D eigenvalue weighted by atomic mass is 35.5. The van der Waals surface area contributed by atoms with Crippen LogP contribution in [0.1, 0.15) is 54.6 Å². The molecule has 1 aromatic carbocycles. The summed E-state index contributed by atoms with van der Waals surface area (Å²) in [5.74, 6) is 1.79. The number of nitrogens with zero attached hydrogens (tertiary/aromatic N) is 5. The fourth-order valence-electron chi connectivity index (χ4n) is 4.59. The second kappa shape index (κ2) is 12.3. The molecule has 4 rings (SSSR count). The second-order valence-corrected chi connectivity index (χ2v) is 9.67. The first kappa shape index (κ1) is 26.1. The Labute approximate surface area is 218 Å². The van der Waals surface area contributed by atoms with Gasteiger partial charge in [0.15, 0.2) is 5.78 Å². The minimum Gasteiger partial charge on any atom is -0.495 e. The Morgan fingerprint density at radius 3 is 2.56 bits per heavy atom. The zero-order chi connectivity index (χ0) is 25.5. The third kappa shape index (κ3) is 6.62. The number of rotatable bonds is 11. The van der Waals surface area contributed by atoms with Gasteiger partial charge in [-0.2, -0.15) is 5.10 Å². The third-order valence-corrected chi connectivity index (χ3v) is 7.28. The summed E-state index contributed by atoms with van der Waals surface area (Å²) < 4.78 is 7.38. The number of hydrogen-bond donors (Lipinski definition) is 1. The highest BCUT2D eigenvalue weighted by Gasteiger charge is 2.19. The number of nitrogens with one attached hydrogen (secondary N) is 1. The minimum absolute atomic E-state index is 0.0650. The van der Waals surface area contributed by atoms with Crippen molar-refractivity contribution in [1.29, 1.82) is 0 Å². The molecule has 3 aromatic rings. The van der Waals surface area contributed by atoms with E-state index in [0.717, 1.165) is 29.9 Å². The van der Waals surface area contributed by atoms with E-state index in [0.29, 0.717) is 47.5 Å². The van der Waals surface area contributed by atoms with Crippen molar-refractivity contribution in [2.24, 2.45) is 5.92 Å². The van der Waals surface area contributed by atoms with E-state index in [4.69, 9.17) is 16.3 Å². The molecular weight excluding hydrogens is 476 g/mol. The molecule has 3 heterocycles. The number of carbonyl (C=O) groups is 1. The predicted molar refractivity (Wildman–Crippen MR) is 142 cm³/mol. The van der Waals surface area contributed by atoms with Gasteiger partial charge in [0, 0.05) is 37.1 Å². The maximum absolute atomic E-state index is 12.2. The summed E-state index contributed by atoms with van der Waals surface area (Å²) in [5, 5.41) is 8.29. The van der Waals surface area contributed by atoms with Gasteiger partial charge in [0.25, 0.3) is 0 Å². The van der Waals surface area contributed by atoms with Crippen molar-refractivity contribution in [3.8, 4) is 5.75 Å². The normalized spacial score (nSPS) is 14.7. The number of aryl methyl sites for hydroxylation is 2. The second-order valence-electron chi connectivity index (χ2n) is 9.30. The summed E-state index contributed by atoms with van der Waals surface area (Å²) >= 11 is 6.50. The SMILES string of the molecule is CCC(=O)c1cc(CCc2cnc(Nc3cnn(CC4CCN(CC)CC4)c3)nc2)c(Cl)c(OC)c1. The van der Waals surface area contributed by atoms with Crippen LogP contribution in [-0.4, -0.2) is 57.2 Å². The number of methoxy groups -OCH3 is 1. The van der Waals surface area contributed by atoms with Gasteiger partial charge in [-0.15, -0.1) is 0 Å². The maximum atomic E-state index is 12.2. The molecule has 0 spiro atoms. The Bertz CT molecular complexity index is 1160. The number of piperidine rings is 1. The average molecular weight is 511 g/mol. The Balaban J connectivity index is 1.32. The number of hydrogen-bond acceptors (Lipinski definition) is 7. The summed E-state index contributed by atoms with van der Waals surface area (Å²) in [6.07, 6.45) is 11.7. The first-order valence-electron chi connectivity index (χ1n) is 12.7. The lowest BCUT2D eigenvalue weighted by Gasteiger charge is -2.30. The van der Waals surface area contributed by atoms with Gasteiger partial charge in [0.1, 0.15) is 5.75 Å². The van der Waals surface area contributed by atoms with E-state index in [1.807, 2.05) is 42.5 Å². The molecule has 0 unspecified atom stereocenters. The fourth-order valence-corrected chi connectivity index (χ4v) is 4.87. The molecule has 1 fully saturated rings. The van der Waals surface area contributed by atoms with Crippen molar-refractivity contribution in [2.45, 2.75) is 52.5 Å². The summed E-state index contributed by atoms with van der Waals surface area (Å²) in [6, 6.07) is 3.57. The Morgan fingerprint density at radius 1 is 1.14 bits per heavy atom. The van der Waals surface area contributed by atoms with E-state index < -0.39 is 0 Å². The summed E-state index contributed by atoms with van der Waals surface area (Å²) in [4.78, 5) is 23.6. The number of benzene rings is 1. The monoisotopic (exact) mass is 510 g/mol. The van der Waals surface area contributed by atoms with Crippen LogP contribution in [0.25, 0.3) is 0 Å². The fraction of sp³-hybridized carbons (Fsp3) is 0.481. The molecule has 36 heavy (non-hydrogen) atoms. The van der Waals surface area contributed by atoms with Crippen LogP contribution in [0.2, 0.25) is 5.02 Å². The topological polar surface area (TPSA) is 85.2 Å². The molecule has 0 atom stereocenters. The maximum Gasteiger partial charge on any atom is 0.227 e. The molecule has 192 valence electrons. The summed E-state index contributed by atoms with van der Waals surface area (Å²) in [6.45, 7) is 8.50. The minimum atomic E-state index is 0.0650. The zero-order valence-corrected chi connectivity index (χ0v) is 22.1. The van der Waals surface area contributed by atoms with E-state index in [-0.39, 0.29) is 5.78 Å². The number of halogens is 1. The highest BCUT2D eigenvalue weighted by molar-refractivity contribution is 6.33. The van der Waals surface area contributed by atoms with Crippen molar-refractivity contribution in [2.75, 3.05) is 32.1 Å². The molecule has 1 aliphatic heterocycles. The summed E-state index contributed by atoms with van der Waals surface area (Å²) in [5.41, 5.74) is 3.36. The Hall–Kier alpha value is -2.97. The molecule has 8 nitrogen and oxygen atoms in total. The number of likely N-dealkylation sites (tertiary alicyclic amines) is 1. The standard InChI is InChI=1S/C27H35ClN6O2/c1-4-24(35)22-12-21(26(28)25(13-22)36-3)7-6-20-14-29-27(30-15-20)32-23-16-31-34(18-23)17-19-8-10-33(5-2)11-9-19/h12-16,18-19H,4-11,17H2,1-3H3,(H,29,30,32). The van der Waals surface area contributed by atoms with Gasteiger partial charge in [0.2, 0.25) is 5.95 Å². The van der Waals surface area contributed by atoms with Crippen molar-refractivity contribution in [3.05, 3.63) is 58.6 Å². The molecule has 0 amide bonds. The molecule has 0 aliphatic carbocycles. The van der Waals surface area contributed by atoms with Crippen LogP contribution in [-0.2, 0) is 19.4 Å². The van der Waals surface area contributed by atoms with Gasteiger partial charge in [-0.05, 0) is 74.5 Å². The predicted octanol–water partition coefficient (Wildman–Crippen LogP) is 5.19. The van der Waals surface area contributed by atoms with Crippen LogP contribution in [0, 0.1) is 5.92 Å². The van der Waals surface area contributed by atoms with E-state index >= 15 is 0 Å². The third-order valence-electron chi connectivity index (χ3n) is 6.85. The van der Waals surface area contributed by atoms with Gasteiger partial charge in [0.05, 0.1) is 24.0 Å². The van der Waals surface area contributed by atoms with Gasteiger partial charge < -0.3 is 15.0 Å². The molecule has 2 aromatic heterocycles. The lowest BCUT2D eigenvalue weighted by atomic mass is 9.97. The van der Waals surface area contributed by atoms with Crippen molar-refractivity contribution >= 4 is 29.0 Å². The number of anilines is 2. The van der Waals surface area contributed by atoms with E-state index in [9.17, 15) is 4.79 Å². The quantitative estimate of drug-likeness (QED) is 0.355. The van der Waals surface area contributed by atoms with E-state index in [1.165, 1.54) is 25.9 Å². The zero-order valence-electron chi connectivity index (χ0n) is 21.3. The molecule has 9 heteroatoms. The lowest BCUT2D eigenvalue weighted by Crippen LogP contribution is -2.34. The van der Waals surface area contributed by atoms with Gasteiger partial charge in [-0.1, -0.05) is 25.4 Å². The van der Waals surface area contributed by atoms with Gasteiger partial charge >= 0.3 is 0 Å².